The van der Waals surface area contributed by atoms with Crippen LogP contribution >= 0.6 is 11.3 Å². The molecular formula is C20H21N3O3S. The third-order valence-electron chi connectivity index (χ3n) is 4.01. The molecule has 0 aliphatic rings. The molecule has 2 N–H and O–H groups in total. The Kier molecular flexibility index (Phi) is 5.93. The second-order valence-corrected chi connectivity index (χ2v) is 6.76. The van der Waals surface area contributed by atoms with Crippen LogP contribution in [-0.4, -0.2) is 32.3 Å². The molecule has 6 nitrogen and oxygen atoms in total. The van der Waals surface area contributed by atoms with Crippen molar-refractivity contribution in [1.29, 1.82) is 0 Å². The Labute approximate surface area is 162 Å². The van der Waals surface area contributed by atoms with Gasteiger partial charge in [0.25, 0.3) is 0 Å². The number of aromatic nitrogens is 1. The smallest absolute Gasteiger partial charge is 0.314 e. The number of nitrogens with zero attached hydrogens (tertiary/aromatic N) is 1. The van der Waals surface area contributed by atoms with Gasteiger partial charge in [0.05, 0.1) is 31.3 Å². The maximum Gasteiger partial charge on any atom is 0.314 e. The Morgan fingerprint density at radius 1 is 0.963 bits per heavy atom. The molecule has 0 aliphatic heterocycles. The van der Waals surface area contributed by atoms with Gasteiger partial charge in [-0.1, -0.05) is 0 Å². The van der Waals surface area contributed by atoms with Crippen molar-refractivity contribution in [2.75, 3.05) is 21.3 Å². The van der Waals surface area contributed by atoms with E-state index in [9.17, 15) is 4.79 Å². The molecule has 0 bridgehead atoms. The lowest BCUT2D eigenvalue weighted by Crippen LogP contribution is -2.32. The zero-order valence-electron chi connectivity index (χ0n) is 15.4. The highest BCUT2D eigenvalue weighted by atomic mass is 32.1. The minimum absolute atomic E-state index is 0.234. The normalized spacial score (nSPS) is 10.3. The third kappa shape index (κ3) is 4.38. The molecule has 0 spiro atoms. The average Bonchev–Trinajstić information content (AvgIpc) is 3.16. The van der Waals surface area contributed by atoms with Gasteiger partial charge in [-0.15, -0.1) is 11.3 Å². The molecule has 3 rings (SSSR count). The van der Waals surface area contributed by atoms with E-state index in [1.165, 1.54) is 0 Å². The van der Waals surface area contributed by atoms with Crippen molar-refractivity contribution in [2.24, 2.45) is 0 Å². The predicted molar refractivity (Wildman–Crippen MR) is 107 cm³/mol. The van der Waals surface area contributed by atoms with Crippen LogP contribution in [0.25, 0.3) is 21.7 Å². The fraction of sp³-hybridized carbons (Fsp3) is 0.200. The lowest BCUT2D eigenvalue weighted by atomic mass is 10.1. The highest BCUT2D eigenvalue weighted by Gasteiger charge is 2.16. The van der Waals surface area contributed by atoms with Crippen LogP contribution in [0.5, 0.6) is 11.5 Å². The van der Waals surface area contributed by atoms with E-state index in [1.807, 2.05) is 48.5 Å². The van der Waals surface area contributed by atoms with Crippen molar-refractivity contribution in [1.82, 2.24) is 15.6 Å². The first-order valence-corrected chi connectivity index (χ1v) is 9.20. The second-order valence-electron chi connectivity index (χ2n) is 5.68. The maximum atomic E-state index is 11.5. The molecule has 1 heterocycles. The van der Waals surface area contributed by atoms with Crippen LogP contribution in [0.4, 0.5) is 4.79 Å². The van der Waals surface area contributed by atoms with Crippen LogP contribution in [0.1, 0.15) is 5.01 Å². The quantitative estimate of drug-likeness (QED) is 0.677. The Balaban J connectivity index is 1.99. The molecule has 27 heavy (non-hydrogen) atoms. The number of methoxy groups -OCH3 is 2. The number of hydrogen-bond acceptors (Lipinski definition) is 5. The lowest BCUT2D eigenvalue weighted by Gasteiger charge is -2.05. The third-order valence-corrected chi connectivity index (χ3v) is 5.12. The summed E-state index contributed by atoms with van der Waals surface area (Å²) in [6.45, 7) is 0.365. The van der Waals surface area contributed by atoms with E-state index in [0.29, 0.717) is 6.54 Å². The summed E-state index contributed by atoms with van der Waals surface area (Å²) in [6.07, 6.45) is 0. The summed E-state index contributed by atoms with van der Waals surface area (Å²) < 4.78 is 10.5. The topological polar surface area (TPSA) is 72.5 Å². The Hall–Kier alpha value is -3.06. The van der Waals surface area contributed by atoms with Crippen molar-refractivity contribution >= 4 is 17.4 Å². The molecule has 3 aromatic rings. The first-order valence-electron chi connectivity index (χ1n) is 8.38. The van der Waals surface area contributed by atoms with Crippen LogP contribution in [0, 0.1) is 0 Å². The first kappa shape index (κ1) is 18.7. The number of thiazole rings is 1. The molecule has 2 aromatic carbocycles. The molecule has 0 saturated heterocycles. The zero-order chi connectivity index (χ0) is 19.2. The number of benzene rings is 2. The largest absolute Gasteiger partial charge is 0.497 e. The molecule has 0 fully saturated rings. The molecule has 0 aliphatic carbocycles. The molecule has 7 heteroatoms. The standard InChI is InChI=1S/C20H21N3O3S/c1-21-20(24)22-12-17-23-18(13-4-8-15(25-2)9-5-13)19(27-17)14-6-10-16(26-3)11-7-14/h4-11H,12H2,1-3H3,(H2,21,22,24). The van der Waals surface area contributed by atoms with E-state index in [0.717, 1.165) is 38.2 Å². The van der Waals surface area contributed by atoms with E-state index in [1.54, 1.807) is 32.6 Å². The van der Waals surface area contributed by atoms with Gasteiger partial charge in [0.1, 0.15) is 16.5 Å². The lowest BCUT2D eigenvalue weighted by molar-refractivity contribution is 0.242. The van der Waals surface area contributed by atoms with Crippen LogP contribution in [-0.2, 0) is 6.54 Å². The molecule has 0 atom stereocenters. The summed E-state index contributed by atoms with van der Waals surface area (Å²) in [4.78, 5) is 17.3. The van der Waals surface area contributed by atoms with Crippen molar-refractivity contribution in [3.63, 3.8) is 0 Å². The fourth-order valence-electron chi connectivity index (χ4n) is 2.57. The highest BCUT2D eigenvalue weighted by Crippen LogP contribution is 2.38. The summed E-state index contributed by atoms with van der Waals surface area (Å²) in [5, 5.41) is 6.16. The molecule has 0 saturated carbocycles. The van der Waals surface area contributed by atoms with E-state index >= 15 is 0 Å². The van der Waals surface area contributed by atoms with Crippen molar-refractivity contribution < 1.29 is 14.3 Å². The second kappa shape index (κ2) is 8.55. The maximum absolute atomic E-state index is 11.5. The molecule has 1 aromatic heterocycles. The Bertz CT molecular complexity index is 840. The van der Waals surface area contributed by atoms with Gasteiger partial charge in [-0.3, -0.25) is 0 Å². The van der Waals surface area contributed by atoms with Gasteiger partial charge in [0.15, 0.2) is 0 Å². The predicted octanol–water partition coefficient (Wildman–Crippen LogP) is 3.92. The number of hydrogen-bond donors (Lipinski definition) is 2. The Morgan fingerprint density at radius 3 is 2.04 bits per heavy atom. The van der Waals surface area contributed by atoms with Gasteiger partial charge >= 0.3 is 6.03 Å². The number of ether oxygens (including phenoxy) is 2. The minimum Gasteiger partial charge on any atom is -0.497 e. The SMILES string of the molecule is CNC(=O)NCc1nc(-c2ccc(OC)cc2)c(-c2ccc(OC)cc2)s1. The summed E-state index contributed by atoms with van der Waals surface area (Å²) in [6, 6.07) is 15.4. The van der Waals surface area contributed by atoms with Crippen LogP contribution in [0.2, 0.25) is 0 Å². The van der Waals surface area contributed by atoms with Crippen LogP contribution in [0.3, 0.4) is 0 Å². The summed E-state index contributed by atoms with van der Waals surface area (Å²) in [5.74, 6) is 1.59. The van der Waals surface area contributed by atoms with E-state index in [4.69, 9.17) is 14.5 Å². The Morgan fingerprint density at radius 2 is 1.52 bits per heavy atom. The van der Waals surface area contributed by atoms with E-state index < -0.39 is 0 Å². The number of urea groups is 1. The zero-order valence-corrected chi connectivity index (χ0v) is 16.2. The average molecular weight is 383 g/mol. The molecule has 140 valence electrons. The van der Waals surface area contributed by atoms with Crippen molar-refractivity contribution in [3.8, 4) is 33.2 Å². The number of amides is 2. The molecule has 2 amide bonds. The van der Waals surface area contributed by atoms with Gasteiger partial charge in [-0.25, -0.2) is 9.78 Å². The van der Waals surface area contributed by atoms with Crippen LogP contribution < -0.4 is 20.1 Å². The first-order chi connectivity index (χ1) is 13.1. The van der Waals surface area contributed by atoms with Gasteiger partial charge in [-0.2, -0.15) is 0 Å². The molecule has 0 unspecified atom stereocenters. The van der Waals surface area contributed by atoms with Crippen molar-refractivity contribution in [2.45, 2.75) is 6.54 Å². The highest BCUT2D eigenvalue weighted by molar-refractivity contribution is 7.15. The van der Waals surface area contributed by atoms with Gasteiger partial charge in [-0.05, 0) is 54.1 Å². The summed E-state index contributed by atoms with van der Waals surface area (Å²) >= 11 is 1.56. The van der Waals surface area contributed by atoms with Gasteiger partial charge in [0.2, 0.25) is 0 Å². The summed E-state index contributed by atoms with van der Waals surface area (Å²) in [7, 11) is 4.87. The summed E-state index contributed by atoms with van der Waals surface area (Å²) in [5.41, 5.74) is 2.91. The fourth-order valence-corrected chi connectivity index (χ4v) is 3.60. The van der Waals surface area contributed by atoms with E-state index in [2.05, 4.69) is 10.6 Å². The van der Waals surface area contributed by atoms with Crippen molar-refractivity contribution in [3.05, 3.63) is 53.5 Å². The minimum atomic E-state index is -0.234. The number of nitrogens with one attached hydrogen (secondary N) is 2. The number of carbonyl (C=O) groups excluding carboxylic acids is 1. The van der Waals surface area contributed by atoms with Gasteiger partial charge in [0, 0.05) is 12.6 Å². The van der Waals surface area contributed by atoms with E-state index in [-0.39, 0.29) is 6.03 Å². The van der Waals surface area contributed by atoms with Crippen LogP contribution in [0.15, 0.2) is 48.5 Å². The number of rotatable bonds is 6. The van der Waals surface area contributed by atoms with Gasteiger partial charge < -0.3 is 20.1 Å². The number of carbonyl (C=O) groups is 1. The molecular weight excluding hydrogens is 362 g/mol. The monoisotopic (exact) mass is 383 g/mol. The molecule has 0 radical (unpaired) electrons.